The Morgan fingerprint density at radius 2 is 1.95 bits per heavy atom. The Hall–Kier alpha value is -0.650. The highest BCUT2D eigenvalue weighted by Gasteiger charge is 2.31. The number of carboxylic acid groups (broad SMARTS) is 1. The molecule has 0 aliphatic heterocycles. The maximum atomic E-state index is 10.5. The van der Waals surface area contributed by atoms with E-state index in [2.05, 4.69) is 33.0 Å². The molecule has 0 aliphatic carbocycles. The van der Waals surface area contributed by atoms with Crippen molar-refractivity contribution < 1.29 is 19.7 Å². The van der Waals surface area contributed by atoms with Crippen molar-refractivity contribution in [3.8, 4) is 0 Å². The Morgan fingerprint density at radius 3 is 2.37 bits per heavy atom. The first kappa shape index (κ1) is 18.4. The molecule has 0 rings (SSSR count). The van der Waals surface area contributed by atoms with E-state index < -0.39 is 12.1 Å². The fourth-order valence-electron chi connectivity index (χ4n) is 2.48. The zero-order valence-corrected chi connectivity index (χ0v) is 12.8. The normalized spacial score (nSPS) is 16.9. The maximum Gasteiger partial charge on any atom is 0.333 e. The van der Waals surface area contributed by atoms with Crippen LogP contribution in [0.15, 0.2) is 0 Å². The van der Waals surface area contributed by atoms with Crippen molar-refractivity contribution in [2.24, 2.45) is 10.8 Å². The van der Waals surface area contributed by atoms with Crippen LogP contribution in [0.2, 0.25) is 0 Å². The summed E-state index contributed by atoms with van der Waals surface area (Å²) in [6.45, 7) is 10.1. The van der Waals surface area contributed by atoms with E-state index in [0.717, 1.165) is 12.8 Å². The van der Waals surface area contributed by atoms with Crippen LogP contribution in [0.25, 0.3) is 0 Å². The van der Waals surface area contributed by atoms with Crippen molar-refractivity contribution in [2.75, 3.05) is 26.8 Å². The molecule has 0 bridgehead atoms. The van der Waals surface area contributed by atoms with E-state index in [4.69, 9.17) is 9.84 Å². The molecule has 0 heterocycles. The minimum absolute atomic E-state index is 0.0154. The lowest BCUT2D eigenvalue weighted by Gasteiger charge is -2.37. The first-order valence-corrected chi connectivity index (χ1v) is 6.76. The number of methoxy groups -OCH3 is 1. The number of rotatable bonds is 10. The molecule has 0 aromatic rings. The summed E-state index contributed by atoms with van der Waals surface area (Å²) >= 11 is 0. The highest BCUT2D eigenvalue weighted by atomic mass is 16.5. The first-order chi connectivity index (χ1) is 8.66. The lowest BCUT2D eigenvalue weighted by atomic mass is 9.73. The number of aliphatic carboxylic acids is 1. The van der Waals surface area contributed by atoms with Gasteiger partial charge < -0.3 is 20.3 Å². The molecular formula is C14H29NO4. The highest BCUT2D eigenvalue weighted by molar-refractivity contribution is 5.72. The van der Waals surface area contributed by atoms with Gasteiger partial charge in [-0.3, -0.25) is 0 Å². The van der Waals surface area contributed by atoms with Crippen molar-refractivity contribution >= 4 is 5.97 Å². The molecule has 0 saturated carbocycles. The van der Waals surface area contributed by atoms with E-state index in [1.165, 1.54) is 0 Å². The summed E-state index contributed by atoms with van der Waals surface area (Å²) in [5.41, 5.74) is 0.132. The fraction of sp³-hybridized carbons (Fsp3) is 0.929. The van der Waals surface area contributed by atoms with Gasteiger partial charge in [-0.15, -0.1) is 0 Å². The molecule has 114 valence electrons. The summed E-state index contributed by atoms with van der Waals surface area (Å²) in [5, 5.41) is 20.8. The number of ether oxygens (including phenoxy) is 1. The smallest absolute Gasteiger partial charge is 0.333 e. The van der Waals surface area contributed by atoms with Gasteiger partial charge in [0.1, 0.15) is 0 Å². The third-order valence-corrected chi connectivity index (χ3v) is 3.48. The molecule has 5 nitrogen and oxygen atoms in total. The van der Waals surface area contributed by atoms with Crippen molar-refractivity contribution in [1.82, 2.24) is 5.32 Å². The number of carbonyl (C=O) groups is 1. The fourth-order valence-corrected chi connectivity index (χ4v) is 2.48. The van der Waals surface area contributed by atoms with Crippen LogP contribution in [0.1, 0.15) is 40.5 Å². The standard InChI is InChI=1S/C14H29NO4/c1-6-14(4,10-19-5)8-13(2,3)9-15-7-11(16)12(17)18/h11,15-16H,6-10H2,1-5H3,(H,17,18). The minimum atomic E-state index is -1.34. The van der Waals surface area contributed by atoms with Crippen LogP contribution >= 0.6 is 0 Å². The van der Waals surface area contributed by atoms with Gasteiger partial charge in [0.2, 0.25) is 0 Å². The van der Waals surface area contributed by atoms with Gasteiger partial charge in [0.25, 0.3) is 0 Å². The van der Waals surface area contributed by atoms with Gasteiger partial charge in [-0.2, -0.15) is 0 Å². The largest absolute Gasteiger partial charge is 0.479 e. The van der Waals surface area contributed by atoms with Gasteiger partial charge in [-0.25, -0.2) is 4.79 Å². The summed E-state index contributed by atoms with van der Waals surface area (Å²) < 4.78 is 5.28. The number of carboxylic acids is 1. The topological polar surface area (TPSA) is 78.8 Å². The van der Waals surface area contributed by atoms with Crippen LogP contribution in [0.3, 0.4) is 0 Å². The SMILES string of the molecule is CCC(C)(COC)CC(C)(C)CNCC(O)C(=O)O. The molecule has 0 aromatic heterocycles. The van der Waals surface area contributed by atoms with E-state index in [-0.39, 0.29) is 17.4 Å². The van der Waals surface area contributed by atoms with E-state index in [0.29, 0.717) is 13.2 Å². The molecule has 2 atom stereocenters. The van der Waals surface area contributed by atoms with Crippen molar-refractivity contribution in [2.45, 2.75) is 46.6 Å². The first-order valence-electron chi connectivity index (χ1n) is 6.76. The van der Waals surface area contributed by atoms with E-state index in [1.807, 2.05) is 0 Å². The molecule has 0 aliphatic rings. The molecule has 2 unspecified atom stereocenters. The minimum Gasteiger partial charge on any atom is -0.479 e. The molecule has 0 fully saturated rings. The van der Waals surface area contributed by atoms with Crippen LogP contribution in [-0.2, 0) is 9.53 Å². The number of nitrogens with one attached hydrogen (secondary N) is 1. The van der Waals surface area contributed by atoms with Gasteiger partial charge in [0.05, 0.1) is 6.61 Å². The predicted octanol–water partition coefficient (Wildman–Crippen LogP) is 1.50. The predicted molar refractivity (Wildman–Crippen MR) is 75.2 cm³/mol. The summed E-state index contributed by atoms with van der Waals surface area (Å²) in [5.74, 6) is -1.19. The Balaban J connectivity index is 4.27. The second-order valence-electron chi connectivity index (χ2n) is 6.42. The van der Waals surface area contributed by atoms with Crippen LogP contribution in [0.5, 0.6) is 0 Å². The summed E-state index contributed by atoms with van der Waals surface area (Å²) in [6.07, 6.45) is 0.662. The highest BCUT2D eigenvalue weighted by Crippen LogP contribution is 2.36. The molecule has 0 saturated heterocycles. The van der Waals surface area contributed by atoms with Gasteiger partial charge >= 0.3 is 5.97 Å². The van der Waals surface area contributed by atoms with Gasteiger partial charge in [-0.1, -0.05) is 27.7 Å². The molecule has 5 heteroatoms. The number of aliphatic hydroxyl groups excluding tert-OH is 1. The van der Waals surface area contributed by atoms with Crippen LogP contribution in [-0.4, -0.2) is 49.1 Å². The molecule has 0 radical (unpaired) electrons. The van der Waals surface area contributed by atoms with Gasteiger partial charge in [0.15, 0.2) is 6.10 Å². The van der Waals surface area contributed by atoms with Crippen LogP contribution < -0.4 is 5.32 Å². The lowest BCUT2D eigenvalue weighted by molar-refractivity contribution is -0.146. The summed E-state index contributed by atoms with van der Waals surface area (Å²) in [7, 11) is 1.71. The molecule has 3 N–H and O–H groups in total. The Labute approximate surface area is 116 Å². The number of hydrogen-bond acceptors (Lipinski definition) is 4. The Kier molecular flexibility index (Phi) is 7.55. The quantitative estimate of drug-likeness (QED) is 0.563. The van der Waals surface area contributed by atoms with E-state index in [9.17, 15) is 9.90 Å². The molecule has 0 spiro atoms. The summed E-state index contributed by atoms with van der Waals surface area (Å²) in [6, 6.07) is 0. The molecular weight excluding hydrogens is 246 g/mol. The van der Waals surface area contributed by atoms with Crippen molar-refractivity contribution in [1.29, 1.82) is 0 Å². The monoisotopic (exact) mass is 275 g/mol. The Morgan fingerprint density at radius 1 is 1.37 bits per heavy atom. The van der Waals surface area contributed by atoms with Crippen LogP contribution in [0, 0.1) is 10.8 Å². The third kappa shape index (κ3) is 7.50. The second kappa shape index (κ2) is 7.82. The molecule has 0 aromatic carbocycles. The summed E-state index contributed by atoms with van der Waals surface area (Å²) in [4.78, 5) is 10.5. The molecule has 0 amide bonds. The zero-order chi connectivity index (χ0) is 15.1. The second-order valence-corrected chi connectivity index (χ2v) is 6.42. The van der Waals surface area contributed by atoms with E-state index in [1.54, 1.807) is 7.11 Å². The van der Waals surface area contributed by atoms with E-state index >= 15 is 0 Å². The average molecular weight is 275 g/mol. The molecule has 19 heavy (non-hydrogen) atoms. The Bertz CT molecular complexity index is 281. The average Bonchev–Trinajstić information content (AvgIpc) is 2.27. The number of hydrogen-bond donors (Lipinski definition) is 3. The maximum absolute atomic E-state index is 10.5. The zero-order valence-electron chi connectivity index (χ0n) is 12.8. The van der Waals surface area contributed by atoms with Gasteiger partial charge in [-0.05, 0) is 23.7 Å². The lowest BCUT2D eigenvalue weighted by Crippen LogP contribution is -2.40. The van der Waals surface area contributed by atoms with Crippen LogP contribution in [0.4, 0.5) is 0 Å². The van der Waals surface area contributed by atoms with Gasteiger partial charge in [0, 0.05) is 20.2 Å². The third-order valence-electron chi connectivity index (χ3n) is 3.48. The van der Waals surface area contributed by atoms with Crippen molar-refractivity contribution in [3.05, 3.63) is 0 Å². The number of aliphatic hydroxyl groups is 1. The van der Waals surface area contributed by atoms with Crippen molar-refractivity contribution in [3.63, 3.8) is 0 Å².